The van der Waals surface area contributed by atoms with Crippen molar-refractivity contribution >= 4 is 5.82 Å². The van der Waals surface area contributed by atoms with Crippen LogP contribution in [0.15, 0.2) is 6.07 Å². The number of nitrogens with zero attached hydrogens (tertiary/aromatic N) is 2. The minimum atomic E-state index is 0.115. The Morgan fingerprint density at radius 2 is 1.86 bits per heavy atom. The average molecular weight is 292 g/mol. The van der Waals surface area contributed by atoms with Crippen molar-refractivity contribution in [3.63, 3.8) is 0 Å². The van der Waals surface area contributed by atoms with Gasteiger partial charge >= 0.3 is 0 Å². The van der Waals surface area contributed by atoms with Crippen molar-refractivity contribution in [3.8, 4) is 5.88 Å². The molecular formula is C16H28N4O. The van der Waals surface area contributed by atoms with E-state index >= 15 is 0 Å². The molecule has 118 valence electrons. The number of hydrogen-bond acceptors (Lipinski definition) is 5. The summed E-state index contributed by atoms with van der Waals surface area (Å²) < 4.78 is 5.49. The van der Waals surface area contributed by atoms with Crippen molar-refractivity contribution in [2.75, 3.05) is 11.9 Å². The summed E-state index contributed by atoms with van der Waals surface area (Å²) in [6.07, 6.45) is 2.12. The predicted octanol–water partition coefficient (Wildman–Crippen LogP) is 2.90. The van der Waals surface area contributed by atoms with E-state index in [1.165, 1.54) is 0 Å². The van der Waals surface area contributed by atoms with Crippen LogP contribution in [0.25, 0.3) is 0 Å². The van der Waals surface area contributed by atoms with Crippen LogP contribution in [-0.2, 0) is 0 Å². The zero-order valence-corrected chi connectivity index (χ0v) is 14.1. The van der Waals surface area contributed by atoms with Gasteiger partial charge < -0.3 is 15.4 Å². The Balaban J connectivity index is 2.13. The van der Waals surface area contributed by atoms with Crippen LogP contribution in [0.2, 0.25) is 0 Å². The van der Waals surface area contributed by atoms with Gasteiger partial charge in [0.2, 0.25) is 5.88 Å². The molecule has 0 spiro atoms. The standard InChI is InChI=1S/C16H28N4O/c1-7-21-14-8-13(17-11(2)18-14)19-12-9-15(3,4)20-16(5,6)10-12/h8,12,20H,7,9-10H2,1-6H3,(H,17,18,19). The van der Waals surface area contributed by atoms with Crippen molar-refractivity contribution in [1.29, 1.82) is 0 Å². The number of hydrogen-bond donors (Lipinski definition) is 2. The van der Waals surface area contributed by atoms with E-state index in [1.54, 1.807) is 0 Å². The van der Waals surface area contributed by atoms with Crippen molar-refractivity contribution in [3.05, 3.63) is 11.9 Å². The fourth-order valence-corrected chi connectivity index (χ4v) is 3.47. The molecule has 21 heavy (non-hydrogen) atoms. The smallest absolute Gasteiger partial charge is 0.218 e. The fraction of sp³-hybridized carbons (Fsp3) is 0.750. The van der Waals surface area contributed by atoms with Crippen LogP contribution in [-0.4, -0.2) is 33.7 Å². The van der Waals surface area contributed by atoms with E-state index in [2.05, 4.69) is 48.3 Å². The lowest BCUT2D eigenvalue weighted by atomic mass is 9.79. The minimum absolute atomic E-state index is 0.115. The first-order valence-electron chi connectivity index (χ1n) is 7.73. The summed E-state index contributed by atoms with van der Waals surface area (Å²) in [6, 6.07) is 2.28. The van der Waals surface area contributed by atoms with Crippen LogP contribution in [0.3, 0.4) is 0 Å². The second-order valence-corrected chi connectivity index (χ2v) is 7.21. The van der Waals surface area contributed by atoms with Gasteiger partial charge in [0.1, 0.15) is 11.6 Å². The van der Waals surface area contributed by atoms with Gasteiger partial charge in [-0.2, -0.15) is 4.98 Å². The van der Waals surface area contributed by atoms with Gasteiger partial charge in [0.25, 0.3) is 0 Å². The normalized spacial score (nSPS) is 21.0. The molecule has 2 rings (SSSR count). The molecule has 0 atom stereocenters. The molecule has 1 aliphatic heterocycles. The molecule has 0 amide bonds. The molecule has 5 heteroatoms. The summed E-state index contributed by atoms with van der Waals surface area (Å²) in [5.74, 6) is 2.22. The zero-order chi connectivity index (χ0) is 15.7. The van der Waals surface area contributed by atoms with Crippen LogP contribution in [0.4, 0.5) is 5.82 Å². The summed E-state index contributed by atoms with van der Waals surface area (Å²) >= 11 is 0. The first-order valence-corrected chi connectivity index (χ1v) is 7.73. The largest absolute Gasteiger partial charge is 0.478 e. The van der Waals surface area contributed by atoms with Crippen molar-refractivity contribution < 1.29 is 4.74 Å². The highest BCUT2D eigenvalue weighted by Crippen LogP contribution is 2.30. The maximum atomic E-state index is 5.49. The first kappa shape index (κ1) is 16.0. The molecule has 2 heterocycles. The monoisotopic (exact) mass is 292 g/mol. The Bertz CT molecular complexity index is 483. The van der Waals surface area contributed by atoms with Crippen molar-refractivity contribution in [1.82, 2.24) is 15.3 Å². The highest BCUT2D eigenvalue weighted by atomic mass is 16.5. The number of anilines is 1. The third kappa shape index (κ3) is 4.56. The lowest BCUT2D eigenvalue weighted by Crippen LogP contribution is -2.60. The summed E-state index contributed by atoms with van der Waals surface area (Å²) in [7, 11) is 0. The maximum Gasteiger partial charge on any atom is 0.218 e. The summed E-state index contributed by atoms with van der Waals surface area (Å²) in [5.41, 5.74) is 0.231. The molecule has 1 aromatic heterocycles. The van der Waals surface area contributed by atoms with Crippen LogP contribution >= 0.6 is 0 Å². The molecular weight excluding hydrogens is 264 g/mol. The van der Waals surface area contributed by atoms with E-state index < -0.39 is 0 Å². The molecule has 0 unspecified atom stereocenters. The number of aromatic nitrogens is 2. The van der Waals surface area contributed by atoms with Gasteiger partial charge in [0, 0.05) is 23.2 Å². The molecule has 1 fully saturated rings. The van der Waals surface area contributed by atoms with E-state index in [4.69, 9.17) is 4.74 Å². The molecule has 1 aromatic rings. The second-order valence-electron chi connectivity index (χ2n) is 7.21. The maximum absolute atomic E-state index is 5.49. The molecule has 1 aliphatic rings. The fourth-order valence-electron chi connectivity index (χ4n) is 3.47. The Morgan fingerprint density at radius 1 is 1.24 bits per heavy atom. The third-order valence-corrected chi connectivity index (χ3v) is 3.65. The summed E-state index contributed by atoms with van der Waals surface area (Å²) in [6.45, 7) is 13.5. The lowest BCUT2D eigenvalue weighted by molar-refractivity contribution is 0.170. The quantitative estimate of drug-likeness (QED) is 0.893. The van der Waals surface area contributed by atoms with E-state index in [0.29, 0.717) is 18.5 Å². The average Bonchev–Trinajstić information content (AvgIpc) is 2.23. The van der Waals surface area contributed by atoms with Crippen molar-refractivity contribution in [2.24, 2.45) is 0 Å². The number of piperidine rings is 1. The van der Waals surface area contributed by atoms with Crippen molar-refractivity contribution in [2.45, 2.75) is 71.5 Å². The van der Waals surface area contributed by atoms with Gasteiger partial charge in [-0.05, 0) is 54.4 Å². The molecule has 0 radical (unpaired) electrons. The van der Waals surface area contributed by atoms with E-state index in [1.807, 2.05) is 19.9 Å². The van der Waals surface area contributed by atoms with Gasteiger partial charge in [0.15, 0.2) is 0 Å². The molecule has 5 nitrogen and oxygen atoms in total. The topological polar surface area (TPSA) is 59.1 Å². The number of ether oxygens (including phenoxy) is 1. The summed E-state index contributed by atoms with van der Waals surface area (Å²) in [4.78, 5) is 8.77. The van der Waals surface area contributed by atoms with Gasteiger partial charge in [-0.1, -0.05) is 0 Å². The molecule has 0 aliphatic carbocycles. The molecule has 2 N–H and O–H groups in total. The highest BCUT2D eigenvalue weighted by Gasteiger charge is 2.37. The second kappa shape index (κ2) is 5.79. The van der Waals surface area contributed by atoms with Crippen LogP contribution < -0.4 is 15.4 Å². The Hall–Kier alpha value is -1.36. The van der Waals surface area contributed by atoms with Crippen LogP contribution in [0.1, 0.15) is 53.3 Å². The predicted molar refractivity (Wildman–Crippen MR) is 85.9 cm³/mol. The molecule has 1 saturated heterocycles. The molecule has 0 bridgehead atoms. The van der Waals surface area contributed by atoms with Gasteiger partial charge in [-0.25, -0.2) is 4.98 Å². The van der Waals surface area contributed by atoms with Crippen LogP contribution in [0, 0.1) is 6.92 Å². The molecule has 0 saturated carbocycles. The molecule has 0 aromatic carbocycles. The first-order chi connectivity index (χ1) is 9.69. The van der Waals surface area contributed by atoms with Crippen LogP contribution in [0.5, 0.6) is 5.88 Å². The lowest BCUT2D eigenvalue weighted by Gasteiger charge is -2.46. The number of rotatable bonds is 4. The number of nitrogens with one attached hydrogen (secondary N) is 2. The van der Waals surface area contributed by atoms with Gasteiger partial charge in [0.05, 0.1) is 6.61 Å². The Kier molecular flexibility index (Phi) is 4.42. The Labute approximate surface area is 127 Å². The van der Waals surface area contributed by atoms with E-state index in [-0.39, 0.29) is 11.1 Å². The van der Waals surface area contributed by atoms with Gasteiger partial charge in [-0.3, -0.25) is 0 Å². The highest BCUT2D eigenvalue weighted by molar-refractivity contribution is 5.40. The number of aryl methyl sites for hydroxylation is 1. The third-order valence-electron chi connectivity index (χ3n) is 3.65. The van der Waals surface area contributed by atoms with E-state index in [9.17, 15) is 0 Å². The zero-order valence-electron chi connectivity index (χ0n) is 14.1. The van der Waals surface area contributed by atoms with E-state index in [0.717, 1.165) is 24.5 Å². The SMILES string of the molecule is CCOc1cc(NC2CC(C)(C)NC(C)(C)C2)nc(C)n1. The summed E-state index contributed by atoms with van der Waals surface area (Å²) in [5, 5.41) is 7.25. The van der Waals surface area contributed by atoms with Gasteiger partial charge in [-0.15, -0.1) is 0 Å². The minimum Gasteiger partial charge on any atom is -0.478 e. The Morgan fingerprint density at radius 3 is 2.43 bits per heavy atom.